The lowest BCUT2D eigenvalue weighted by Gasteiger charge is -2.35. The molecule has 1 aliphatic rings. The molecule has 5 heteroatoms. The Balaban J connectivity index is 1.59. The van der Waals surface area contributed by atoms with Gasteiger partial charge in [-0.05, 0) is 32.0 Å². The topological polar surface area (TPSA) is 49.9 Å². The van der Waals surface area contributed by atoms with Crippen molar-refractivity contribution in [2.75, 3.05) is 33.3 Å². The molecule has 2 aromatic rings. The van der Waals surface area contributed by atoms with Crippen molar-refractivity contribution in [2.45, 2.75) is 20.3 Å². The number of rotatable bonds is 4. The van der Waals surface area contributed by atoms with E-state index in [1.54, 1.807) is 7.11 Å². The van der Waals surface area contributed by atoms with Crippen molar-refractivity contribution in [3.8, 4) is 5.75 Å². The van der Waals surface area contributed by atoms with Gasteiger partial charge in [-0.25, -0.2) is 0 Å². The second-order valence-corrected chi connectivity index (χ2v) is 7.03. The molecule has 1 saturated heterocycles. The number of carbonyl (C=O) groups excluding carboxylic acids is 2. The van der Waals surface area contributed by atoms with Gasteiger partial charge in [0.05, 0.1) is 13.5 Å². The zero-order valence-electron chi connectivity index (χ0n) is 16.2. The lowest BCUT2D eigenvalue weighted by Crippen LogP contribution is -2.51. The summed E-state index contributed by atoms with van der Waals surface area (Å²) in [6.07, 6.45) is 0.316. The molecule has 0 bridgehead atoms. The van der Waals surface area contributed by atoms with Crippen molar-refractivity contribution in [1.82, 2.24) is 9.80 Å². The lowest BCUT2D eigenvalue weighted by molar-refractivity contribution is -0.131. The molecule has 0 aromatic heterocycles. The fourth-order valence-corrected chi connectivity index (χ4v) is 3.36. The number of hydrogen-bond acceptors (Lipinski definition) is 3. The fourth-order valence-electron chi connectivity index (χ4n) is 3.36. The Labute approximate surface area is 160 Å². The Morgan fingerprint density at radius 2 is 1.48 bits per heavy atom. The van der Waals surface area contributed by atoms with E-state index in [0.717, 1.165) is 22.4 Å². The zero-order chi connectivity index (χ0) is 19.4. The molecular weight excluding hydrogens is 340 g/mol. The Morgan fingerprint density at radius 1 is 0.889 bits per heavy atom. The number of methoxy groups -OCH3 is 1. The minimum Gasteiger partial charge on any atom is -0.496 e. The lowest BCUT2D eigenvalue weighted by atomic mass is 10.1. The molecule has 0 unspecified atom stereocenters. The Bertz CT molecular complexity index is 822. The molecule has 2 aromatic carbocycles. The van der Waals surface area contributed by atoms with E-state index < -0.39 is 0 Å². The van der Waals surface area contributed by atoms with Crippen molar-refractivity contribution >= 4 is 11.8 Å². The highest BCUT2D eigenvalue weighted by Gasteiger charge is 2.25. The van der Waals surface area contributed by atoms with Crippen molar-refractivity contribution in [1.29, 1.82) is 0 Å². The van der Waals surface area contributed by atoms with Gasteiger partial charge < -0.3 is 14.5 Å². The van der Waals surface area contributed by atoms with Crippen LogP contribution in [-0.4, -0.2) is 54.9 Å². The van der Waals surface area contributed by atoms with Crippen molar-refractivity contribution in [3.63, 3.8) is 0 Å². The average molecular weight is 366 g/mol. The molecule has 0 spiro atoms. The van der Waals surface area contributed by atoms with Crippen molar-refractivity contribution < 1.29 is 14.3 Å². The molecule has 3 rings (SSSR count). The molecule has 0 radical (unpaired) electrons. The summed E-state index contributed by atoms with van der Waals surface area (Å²) >= 11 is 0. The van der Waals surface area contributed by atoms with Gasteiger partial charge in [0.25, 0.3) is 5.91 Å². The van der Waals surface area contributed by atoms with E-state index in [4.69, 9.17) is 4.74 Å². The largest absolute Gasteiger partial charge is 0.496 e. The van der Waals surface area contributed by atoms with Crippen molar-refractivity contribution in [2.24, 2.45) is 0 Å². The van der Waals surface area contributed by atoms with Gasteiger partial charge in [0.2, 0.25) is 5.91 Å². The van der Waals surface area contributed by atoms with E-state index in [1.165, 1.54) is 0 Å². The second-order valence-electron chi connectivity index (χ2n) is 7.03. The highest BCUT2D eigenvalue weighted by atomic mass is 16.5. The minimum absolute atomic E-state index is 0.0300. The molecule has 1 heterocycles. The predicted octanol–water partition coefficient (Wildman–Crippen LogP) is 2.84. The summed E-state index contributed by atoms with van der Waals surface area (Å²) in [5.41, 5.74) is 3.84. The molecule has 1 aliphatic heterocycles. The van der Waals surface area contributed by atoms with Crippen LogP contribution in [-0.2, 0) is 11.2 Å². The van der Waals surface area contributed by atoms with Gasteiger partial charge in [-0.3, -0.25) is 9.59 Å². The van der Waals surface area contributed by atoms with Gasteiger partial charge in [-0.1, -0.05) is 35.4 Å². The maximum atomic E-state index is 12.7. The number of carbonyl (C=O) groups is 2. The summed E-state index contributed by atoms with van der Waals surface area (Å²) in [5, 5.41) is 0. The third-order valence-corrected chi connectivity index (χ3v) is 5.00. The van der Waals surface area contributed by atoms with Gasteiger partial charge in [0, 0.05) is 37.3 Å². The summed E-state index contributed by atoms with van der Waals surface area (Å²) in [6, 6.07) is 13.5. The Hall–Kier alpha value is -2.82. The summed E-state index contributed by atoms with van der Waals surface area (Å²) in [5.74, 6) is 0.839. The van der Waals surface area contributed by atoms with E-state index in [0.29, 0.717) is 38.2 Å². The summed E-state index contributed by atoms with van der Waals surface area (Å²) in [6.45, 7) is 6.24. The van der Waals surface area contributed by atoms with Crippen LogP contribution in [0.1, 0.15) is 27.0 Å². The van der Waals surface area contributed by atoms with Gasteiger partial charge in [0.15, 0.2) is 0 Å². The SMILES string of the molecule is COc1ccc(C)cc1CC(=O)N1CCN(C(=O)c2ccc(C)cc2)CC1. The Kier molecular flexibility index (Phi) is 5.79. The average Bonchev–Trinajstić information content (AvgIpc) is 2.68. The van der Waals surface area contributed by atoms with Crippen LogP contribution in [0, 0.1) is 13.8 Å². The number of ether oxygens (including phenoxy) is 1. The highest BCUT2D eigenvalue weighted by Crippen LogP contribution is 2.21. The molecule has 27 heavy (non-hydrogen) atoms. The van der Waals surface area contributed by atoms with Crippen molar-refractivity contribution in [3.05, 3.63) is 64.7 Å². The summed E-state index contributed by atoms with van der Waals surface area (Å²) < 4.78 is 5.37. The standard InChI is InChI=1S/C22H26N2O3/c1-16-4-7-18(8-5-16)22(26)24-12-10-23(11-13-24)21(25)15-19-14-17(2)6-9-20(19)27-3/h4-9,14H,10-13,15H2,1-3H3. The third kappa shape index (κ3) is 4.48. The van der Waals surface area contributed by atoms with Crippen LogP contribution >= 0.6 is 0 Å². The molecular formula is C22H26N2O3. The summed E-state index contributed by atoms with van der Waals surface area (Å²) in [4.78, 5) is 29.0. The van der Waals surface area contributed by atoms with Crippen LogP contribution in [0.15, 0.2) is 42.5 Å². The molecule has 5 nitrogen and oxygen atoms in total. The molecule has 0 N–H and O–H groups in total. The van der Waals surface area contributed by atoms with E-state index in [-0.39, 0.29) is 11.8 Å². The number of piperazine rings is 1. The first-order valence-corrected chi connectivity index (χ1v) is 9.25. The van der Waals surface area contributed by atoms with Gasteiger partial charge >= 0.3 is 0 Å². The maximum absolute atomic E-state index is 12.7. The van der Waals surface area contributed by atoms with E-state index in [9.17, 15) is 9.59 Å². The maximum Gasteiger partial charge on any atom is 0.253 e. The van der Waals surface area contributed by atoms with E-state index >= 15 is 0 Å². The number of aryl methyl sites for hydroxylation is 2. The minimum atomic E-state index is 0.0300. The van der Waals surface area contributed by atoms with Crippen LogP contribution in [0.2, 0.25) is 0 Å². The number of benzene rings is 2. The van der Waals surface area contributed by atoms with Crippen LogP contribution < -0.4 is 4.74 Å². The highest BCUT2D eigenvalue weighted by molar-refractivity contribution is 5.94. The van der Waals surface area contributed by atoms with Crippen LogP contribution in [0.25, 0.3) is 0 Å². The first-order valence-electron chi connectivity index (χ1n) is 9.25. The Morgan fingerprint density at radius 3 is 2.11 bits per heavy atom. The predicted molar refractivity (Wildman–Crippen MR) is 105 cm³/mol. The van der Waals surface area contributed by atoms with E-state index in [2.05, 4.69) is 0 Å². The molecule has 2 amide bonds. The molecule has 1 fully saturated rings. The van der Waals surface area contributed by atoms with E-state index in [1.807, 2.05) is 66.1 Å². The molecule has 0 aliphatic carbocycles. The van der Waals surface area contributed by atoms with Crippen LogP contribution in [0.5, 0.6) is 5.75 Å². The number of nitrogens with zero attached hydrogens (tertiary/aromatic N) is 2. The van der Waals surface area contributed by atoms with Crippen LogP contribution in [0.4, 0.5) is 0 Å². The molecule has 0 saturated carbocycles. The van der Waals surface area contributed by atoms with Gasteiger partial charge in [-0.2, -0.15) is 0 Å². The quantitative estimate of drug-likeness (QED) is 0.836. The first-order chi connectivity index (χ1) is 13.0. The summed E-state index contributed by atoms with van der Waals surface area (Å²) in [7, 11) is 1.62. The second kappa shape index (κ2) is 8.25. The monoisotopic (exact) mass is 366 g/mol. The smallest absolute Gasteiger partial charge is 0.253 e. The number of hydrogen-bond donors (Lipinski definition) is 0. The van der Waals surface area contributed by atoms with Crippen LogP contribution in [0.3, 0.4) is 0 Å². The molecule has 142 valence electrons. The number of amides is 2. The molecule has 0 atom stereocenters. The first kappa shape index (κ1) is 19.0. The van der Waals surface area contributed by atoms with Gasteiger partial charge in [0.1, 0.15) is 5.75 Å². The normalized spacial score (nSPS) is 14.2. The zero-order valence-corrected chi connectivity index (χ0v) is 16.2. The third-order valence-electron chi connectivity index (χ3n) is 5.00. The van der Waals surface area contributed by atoms with Gasteiger partial charge in [-0.15, -0.1) is 0 Å². The fraction of sp³-hybridized carbons (Fsp3) is 0.364.